The Kier molecular flexibility index (Phi) is 5.60. The molecule has 0 spiro atoms. The maximum absolute atomic E-state index is 12.8. The molecule has 2 aliphatic heterocycles. The van der Waals surface area contributed by atoms with Gasteiger partial charge in [-0.05, 0) is 5.56 Å². The highest BCUT2D eigenvalue weighted by molar-refractivity contribution is 6.34. The van der Waals surface area contributed by atoms with Crippen LogP contribution in [-0.2, 0) is 11.8 Å². The minimum atomic E-state index is -0.187. The Morgan fingerprint density at radius 1 is 1.31 bits per heavy atom. The number of aryl methyl sites for hydroxylation is 1. The zero-order valence-corrected chi connectivity index (χ0v) is 15.8. The zero-order valence-electron chi connectivity index (χ0n) is 14.2. The maximum Gasteiger partial charge on any atom is 0.229 e. The lowest BCUT2D eigenvalue weighted by molar-refractivity contribution is -0.119. The van der Waals surface area contributed by atoms with Crippen LogP contribution in [0.1, 0.15) is 11.5 Å². The fourth-order valence-corrected chi connectivity index (χ4v) is 3.52. The van der Waals surface area contributed by atoms with E-state index in [1.165, 1.54) is 0 Å². The predicted molar refractivity (Wildman–Crippen MR) is 101 cm³/mol. The molecule has 9 heteroatoms. The Morgan fingerprint density at radius 2 is 2.04 bits per heavy atom. The molecule has 0 saturated carbocycles. The Labute approximate surface area is 162 Å². The second kappa shape index (κ2) is 7.73. The summed E-state index contributed by atoms with van der Waals surface area (Å²) < 4.78 is 12.8. The van der Waals surface area contributed by atoms with E-state index in [4.69, 9.17) is 21.1 Å². The fraction of sp³-hybridized carbons (Fsp3) is 0.412. The van der Waals surface area contributed by atoms with E-state index in [1.54, 1.807) is 16.8 Å². The zero-order chi connectivity index (χ0) is 17.4. The highest BCUT2D eigenvalue weighted by Gasteiger charge is 2.35. The Bertz CT molecular complexity index is 811. The highest BCUT2D eigenvalue weighted by Crippen LogP contribution is 2.38. The van der Waals surface area contributed by atoms with Gasteiger partial charge in [0.2, 0.25) is 5.91 Å². The monoisotopic (exact) mass is 398 g/mol. The van der Waals surface area contributed by atoms with Gasteiger partial charge in [-0.2, -0.15) is 5.10 Å². The molecule has 1 saturated heterocycles. The van der Waals surface area contributed by atoms with Gasteiger partial charge in [-0.25, -0.2) is 0 Å². The molecule has 1 amide bonds. The lowest BCUT2D eigenvalue weighted by atomic mass is 9.90. The summed E-state index contributed by atoms with van der Waals surface area (Å²) in [6.45, 7) is 2.35. The minimum absolute atomic E-state index is 0. The number of halogens is 2. The number of nitrogens with one attached hydrogen (secondary N) is 2. The van der Waals surface area contributed by atoms with E-state index in [0.717, 1.165) is 12.1 Å². The Morgan fingerprint density at radius 3 is 2.73 bits per heavy atom. The van der Waals surface area contributed by atoms with Crippen molar-refractivity contribution in [2.24, 2.45) is 13.0 Å². The number of anilines is 1. The normalized spacial score (nSPS) is 21.2. The SMILES string of the molecule is Cl.Cn1cc([C@H]2CNC[C@@H]2C(=O)Nc2cc3c(cc2Cl)OCCO3)cn1. The summed E-state index contributed by atoms with van der Waals surface area (Å²) in [6.07, 6.45) is 3.77. The van der Waals surface area contributed by atoms with Gasteiger partial charge in [0.15, 0.2) is 11.5 Å². The first-order chi connectivity index (χ1) is 12.1. The molecule has 1 aromatic carbocycles. The number of carbonyl (C=O) groups is 1. The van der Waals surface area contributed by atoms with Gasteiger partial charge < -0.3 is 20.1 Å². The first-order valence-corrected chi connectivity index (χ1v) is 8.59. The summed E-state index contributed by atoms with van der Waals surface area (Å²) in [5, 5.41) is 10.9. The van der Waals surface area contributed by atoms with Crippen LogP contribution in [0.4, 0.5) is 5.69 Å². The summed E-state index contributed by atoms with van der Waals surface area (Å²) in [4.78, 5) is 12.8. The number of fused-ring (bicyclic) bond motifs is 1. The van der Waals surface area contributed by atoms with Gasteiger partial charge in [0.05, 0.1) is 22.8 Å². The molecule has 2 aliphatic rings. The number of ether oxygens (including phenoxy) is 2. The lowest BCUT2D eigenvalue weighted by Crippen LogP contribution is -2.28. The molecular formula is C17H20Cl2N4O3. The third-order valence-corrected chi connectivity index (χ3v) is 4.91. The van der Waals surface area contributed by atoms with Crippen molar-refractivity contribution in [3.8, 4) is 11.5 Å². The molecule has 0 aliphatic carbocycles. The van der Waals surface area contributed by atoms with E-state index in [1.807, 2.05) is 19.4 Å². The average Bonchev–Trinajstić information content (AvgIpc) is 3.24. The van der Waals surface area contributed by atoms with Crippen LogP contribution < -0.4 is 20.1 Å². The van der Waals surface area contributed by atoms with Crippen molar-refractivity contribution < 1.29 is 14.3 Å². The summed E-state index contributed by atoms with van der Waals surface area (Å²) in [6, 6.07) is 3.40. The van der Waals surface area contributed by atoms with Gasteiger partial charge in [-0.3, -0.25) is 9.48 Å². The van der Waals surface area contributed by atoms with Crippen molar-refractivity contribution >= 4 is 35.6 Å². The fourth-order valence-electron chi connectivity index (χ4n) is 3.32. The standard InChI is InChI=1S/C17H19ClN4O3.ClH/c1-22-9-10(6-20-22)11-7-19-8-12(11)17(23)21-14-5-16-15(4-13(14)18)24-2-3-25-16;/h4-6,9,11-12,19H,2-3,7-8H2,1H3,(H,21,23);1H/t11-,12+;/m1./s1. The summed E-state index contributed by atoms with van der Waals surface area (Å²) in [5.74, 6) is 1.03. The summed E-state index contributed by atoms with van der Waals surface area (Å²) >= 11 is 6.29. The van der Waals surface area contributed by atoms with Crippen molar-refractivity contribution in [3.05, 3.63) is 35.1 Å². The number of hydrogen-bond donors (Lipinski definition) is 2. The molecule has 7 nitrogen and oxygen atoms in total. The number of nitrogens with zero attached hydrogens (tertiary/aromatic N) is 2. The second-order valence-corrected chi connectivity index (χ2v) is 6.69. The molecule has 1 aromatic heterocycles. The number of hydrogen-bond acceptors (Lipinski definition) is 5. The third-order valence-electron chi connectivity index (χ3n) is 4.59. The van der Waals surface area contributed by atoms with Crippen molar-refractivity contribution in [2.75, 3.05) is 31.6 Å². The molecule has 26 heavy (non-hydrogen) atoms. The molecule has 2 N–H and O–H groups in total. The van der Waals surface area contributed by atoms with Crippen LogP contribution in [0.2, 0.25) is 5.02 Å². The first kappa shape index (κ1) is 18.8. The molecule has 0 bridgehead atoms. The van der Waals surface area contributed by atoms with E-state index in [2.05, 4.69) is 15.7 Å². The van der Waals surface area contributed by atoms with Gasteiger partial charge in [0.25, 0.3) is 0 Å². The molecule has 140 valence electrons. The number of amides is 1. The summed E-state index contributed by atoms with van der Waals surface area (Å²) in [5.41, 5.74) is 1.59. The van der Waals surface area contributed by atoms with Crippen LogP contribution in [0, 0.1) is 5.92 Å². The van der Waals surface area contributed by atoms with Gasteiger partial charge in [0.1, 0.15) is 13.2 Å². The minimum Gasteiger partial charge on any atom is -0.486 e. The van der Waals surface area contributed by atoms with Crippen LogP contribution in [0.5, 0.6) is 11.5 Å². The molecule has 4 rings (SSSR count). The van der Waals surface area contributed by atoms with Gasteiger partial charge in [0, 0.05) is 44.4 Å². The Hall–Kier alpha value is -1.96. The number of carbonyl (C=O) groups excluding carboxylic acids is 1. The van der Waals surface area contributed by atoms with Crippen molar-refractivity contribution in [1.29, 1.82) is 0 Å². The van der Waals surface area contributed by atoms with E-state index in [0.29, 0.717) is 42.0 Å². The number of rotatable bonds is 3. The quantitative estimate of drug-likeness (QED) is 0.828. The van der Waals surface area contributed by atoms with Crippen LogP contribution >= 0.6 is 24.0 Å². The molecule has 2 aromatic rings. The molecular weight excluding hydrogens is 379 g/mol. The van der Waals surface area contributed by atoms with Crippen LogP contribution in [-0.4, -0.2) is 42.0 Å². The van der Waals surface area contributed by atoms with Crippen molar-refractivity contribution in [3.63, 3.8) is 0 Å². The molecule has 2 atom stereocenters. The van der Waals surface area contributed by atoms with Crippen LogP contribution in [0.15, 0.2) is 24.5 Å². The van der Waals surface area contributed by atoms with Gasteiger partial charge >= 0.3 is 0 Å². The Balaban J connectivity index is 0.00000196. The van der Waals surface area contributed by atoms with Crippen LogP contribution in [0.3, 0.4) is 0 Å². The lowest BCUT2D eigenvalue weighted by Gasteiger charge is -2.21. The molecule has 0 radical (unpaired) electrons. The topological polar surface area (TPSA) is 77.4 Å². The van der Waals surface area contributed by atoms with E-state index >= 15 is 0 Å². The number of aromatic nitrogens is 2. The molecule has 1 fully saturated rings. The van der Waals surface area contributed by atoms with E-state index in [9.17, 15) is 4.79 Å². The number of benzene rings is 1. The van der Waals surface area contributed by atoms with Crippen LogP contribution in [0.25, 0.3) is 0 Å². The highest BCUT2D eigenvalue weighted by atomic mass is 35.5. The first-order valence-electron chi connectivity index (χ1n) is 8.21. The molecule has 0 unspecified atom stereocenters. The van der Waals surface area contributed by atoms with Crippen molar-refractivity contribution in [2.45, 2.75) is 5.92 Å². The second-order valence-electron chi connectivity index (χ2n) is 6.28. The molecule has 3 heterocycles. The predicted octanol–water partition coefficient (Wildman–Crippen LogP) is 2.21. The van der Waals surface area contributed by atoms with E-state index in [-0.39, 0.29) is 30.2 Å². The van der Waals surface area contributed by atoms with Gasteiger partial charge in [-0.15, -0.1) is 12.4 Å². The third kappa shape index (κ3) is 3.60. The smallest absolute Gasteiger partial charge is 0.229 e. The van der Waals surface area contributed by atoms with Gasteiger partial charge in [-0.1, -0.05) is 11.6 Å². The van der Waals surface area contributed by atoms with E-state index < -0.39 is 0 Å². The maximum atomic E-state index is 12.8. The van der Waals surface area contributed by atoms with Crippen molar-refractivity contribution in [1.82, 2.24) is 15.1 Å². The largest absolute Gasteiger partial charge is 0.486 e. The summed E-state index contributed by atoms with van der Waals surface area (Å²) in [7, 11) is 1.87. The average molecular weight is 399 g/mol.